The van der Waals surface area contributed by atoms with Crippen LogP contribution in [0.25, 0.3) is 0 Å². The lowest BCUT2D eigenvalue weighted by Crippen LogP contribution is -2.33. The molecule has 5 nitrogen and oxygen atoms in total. The van der Waals surface area contributed by atoms with E-state index >= 15 is 0 Å². The van der Waals surface area contributed by atoms with Crippen LogP contribution in [0, 0.1) is 5.92 Å². The van der Waals surface area contributed by atoms with Crippen molar-refractivity contribution >= 4 is 5.91 Å². The van der Waals surface area contributed by atoms with Crippen molar-refractivity contribution < 1.29 is 4.79 Å². The van der Waals surface area contributed by atoms with Gasteiger partial charge in [-0.05, 0) is 33.6 Å². The lowest BCUT2D eigenvalue weighted by Gasteiger charge is -2.18. The van der Waals surface area contributed by atoms with E-state index in [0.29, 0.717) is 6.04 Å². The zero-order valence-electron chi connectivity index (χ0n) is 11.1. The molecule has 0 bridgehead atoms. The zero-order chi connectivity index (χ0) is 13.1. The van der Waals surface area contributed by atoms with Gasteiger partial charge < -0.3 is 9.88 Å². The second-order valence-electron chi connectivity index (χ2n) is 5.06. The van der Waals surface area contributed by atoms with Crippen LogP contribution in [0.1, 0.15) is 51.5 Å². The Morgan fingerprint density at radius 2 is 2.06 bits per heavy atom. The molecular formula is C13H20N4O. The summed E-state index contributed by atoms with van der Waals surface area (Å²) in [4.78, 5) is 12.0. The largest absolute Gasteiger partial charge is 0.346 e. The monoisotopic (exact) mass is 248 g/mol. The topological polar surface area (TPSA) is 59.8 Å². The molecule has 5 heteroatoms. The molecule has 0 radical (unpaired) electrons. The molecule has 98 valence electrons. The minimum Gasteiger partial charge on any atom is -0.346 e. The smallest absolute Gasteiger partial charge is 0.224 e. The number of amides is 1. The van der Waals surface area contributed by atoms with Crippen molar-refractivity contribution in [2.24, 2.45) is 5.92 Å². The van der Waals surface area contributed by atoms with Gasteiger partial charge in [-0.1, -0.05) is 12.2 Å². The summed E-state index contributed by atoms with van der Waals surface area (Å²) < 4.78 is 1.98. The van der Waals surface area contributed by atoms with Crippen LogP contribution in [-0.4, -0.2) is 20.7 Å². The van der Waals surface area contributed by atoms with E-state index in [1.807, 2.05) is 11.5 Å². The summed E-state index contributed by atoms with van der Waals surface area (Å²) in [6, 6.07) is 0.186. The number of nitrogens with zero attached hydrogens (tertiary/aromatic N) is 3. The molecule has 1 amide bonds. The average molecular weight is 248 g/mol. The molecule has 1 aliphatic carbocycles. The highest BCUT2D eigenvalue weighted by atomic mass is 16.1. The van der Waals surface area contributed by atoms with Gasteiger partial charge in [0.25, 0.3) is 0 Å². The molecule has 0 spiro atoms. The van der Waals surface area contributed by atoms with Crippen LogP contribution in [0.3, 0.4) is 0 Å². The van der Waals surface area contributed by atoms with Crippen LogP contribution in [0.5, 0.6) is 0 Å². The molecule has 0 saturated heterocycles. The van der Waals surface area contributed by atoms with E-state index in [1.165, 1.54) is 0 Å². The fraction of sp³-hybridized carbons (Fsp3) is 0.615. The summed E-state index contributed by atoms with van der Waals surface area (Å²) >= 11 is 0. The van der Waals surface area contributed by atoms with Crippen LogP contribution in [0.4, 0.5) is 0 Å². The molecular weight excluding hydrogens is 228 g/mol. The molecule has 0 saturated carbocycles. The minimum atomic E-state index is -0.108. The van der Waals surface area contributed by atoms with Crippen molar-refractivity contribution in [3.8, 4) is 0 Å². The molecule has 1 N–H and O–H groups in total. The van der Waals surface area contributed by atoms with Crippen molar-refractivity contribution in [2.75, 3.05) is 0 Å². The Bertz CT molecular complexity index is 442. The van der Waals surface area contributed by atoms with Crippen molar-refractivity contribution in [3.05, 3.63) is 24.3 Å². The van der Waals surface area contributed by atoms with Gasteiger partial charge in [0, 0.05) is 12.0 Å². The molecule has 18 heavy (non-hydrogen) atoms. The van der Waals surface area contributed by atoms with Gasteiger partial charge in [-0.15, -0.1) is 10.2 Å². The van der Waals surface area contributed by atoms with Gasteiger partial charge in [-0.3, -0.25) is 4.79 Å². The molecule has 1 aliphatic rings. The fourth-order valence-corrected chi connectivity index (χ4v) is 2.19. The average Bonchev–Trinajstić information content (AvgIpc) is 3.00. The SMILES string of the molecule is CC(NC(=O)C1CC=CC1)c1nncn1C(C)C. The van der Waals surface area contributed by atoms with Crippen LogP contribution in [0.2, 0.25) is 0 Å². The van der Waals surface area contributed by atoms with Gasteiger partial charge in [0.05, 0.1) is 6.04 Å². The van der Waals surface area contributed by atoms with E-state index in [-0.39, 0.29) is 17.9 Å². The number of carbonyl (C=O) groups is 1. The number of hydrogen-bond acceptors (Lipinski definition) is 3. The van der Waals surface area contributed by atoms with Crippen molar-refractivity contribution in [1.82, 2.24) is 20.1 Å². The summed E-state index contributed by atoms with van der Waals surface area (Å²) in [5.41, 5.74) is 0. The maximum absolute atomic E-state index is 12.0. The Hall–Kier alpha value is -1.65. The molecule has 2 rings (SSSR count). The summed E-state index contributed by atoms with van der Waals surface area (Å²) in [5.74, 6) is 0.998. The number of allylic oxidation sites excluding steroid dienone is 2. The predicted octanol–water partition coefficient (Wildman–Crippen LogP) is 2.00. The molecule has 1 aromatic rings. The van der Waals surface area contributed by atoms with E-state index in [4.69, 9.17) is 0 Å². The third-order valence-electron chi connectivity index (χ3n) is 3.28. The van der Waals surface area contributed by atoms with E-state index < -0.39 is 0 Å². The lowest BCUT2D eigenvalue weighted by atomic mass is 10.1. The Kier molecular flexibility index (Phi) is 3.79. The van der Waals surface area contributed by atoms with Crippen LogP contribution in [0.15, 0.2) is 18.5 Å². The van der Waals surface area contributed by atoms with E-state index in [1.54, 1.807) is 6.33 Å². The lowest BCUT2D eigenvalue weighted by molar-refractivity contribution is -0.125. The Balaban J connectivity index is 2.00. The molecule has 0 fully saturated rings. The van der Waals surface area contributed by atoms with E-state index in [0.717, 1.165) is 18.7 Å². The van der Waals surface area contributed by atoms with Gasteiger partial charge in [0.2, 0.25) is 5.91 Å². The summed E-state index contributed by atoms with van der Waals surface area (Å²) in [7, 11) is 0. The molecule has 1 aromatic heterocycles. The second kappa shape index (κ2) is 5.33. The third kappa shape index (κ3) is 2.60. The highest BCUT2D eigenvalue weighted by molar-refractivity contribution is 5.79. The Morgan fingerprint density at radius 1 is 1.39 bits per heavy atom. The first kappa shape index (κ1) is 12.8. The molecule has 1 atom stereocenters. The van der Waals surface area contributed by atoms with E-state index in [9.17, 15) is 4.79 Å². The van der Waals surface area contributed by atoms with Crippen molar-refractivity contribution in [3.63, 3.8) is 0 Å². The van der Waals surface area contributed by atoms with Gasteiger partial charge in [-0.2, -0.15) is 0 Å². The van der Waals surface area contributed by atoms with E-state index in [2.05, 4.69) is 41.5 Å². The summed E-state index contributed by atoms with van der Waals surface area (Å²) in [6.07, 6.45) is 7.52. The minimum absolute atomic E-state index is 0.0860. The van der Waals surface area contributed by atoms with Gasteiger partial charge >= 0.3 is 0 Å². The van der Waals surface area contributed by atoms with Crippen molar-refractivity contribution in [2.45, 2.75) is 45.7 Å². The summed E-state index contributed by atoms with van der Waals surface area (Å²) in [5, 5.41) is 11.0. The number of aromatic nitrogens is 3. The van der Waals surface area contributed by atoms with Crippen LogP contribution < -0.4 is 5.32 Å². The predicted molar refractivity (Wildman–Crippen MR) is 68.8 cm³/mol. The van der Waals surface area contributed by atoms with Crippen LogP contribution >= 0.6 is 0 Å². The molecule has 0 aliphatic heterocycles. The van der Waals surface area contributed by atoms with Crippen molar-refractivity contribution in [1.29, 1.82) is 0 Å². The Labute approximate surface area is 107 Å². The van der Waals surface area contributed by atoms with Gasteiger partial charge in [-0.25, -0.2) is 0 Å². The highest BCUT2D eigenvalue weighted by Crippen LogP contribution is 2.20. The second-order valence-corrected chi connectivity index (χ2v) is 5.06. The number of hydrogen-bond donors (Lipinski definition) is 1. The maximum atomic E-state index is 12.0. The Morgan fingerprint density at radius 3 is 2.67 bits per heavy atom. The summed E-state index contributed by atoms with van der Waals surface area (Å²) in [6.45, 7) is 6.09. The normalized spacial score (nSPS) is 17.3. The number of nitrogens with one attached hydrogen (secondary N) is 1. The zero-order valence-corrected chi connectivity index (χ0v) is 11.1. The number of carbonyl (C=O) groups excluding carboxylic acids is 1. The first-order valence-corrected chi connectivity index (χ1v) is 6.44. The van der Waals surface area contributed by atoms with Crippen LogP contribution in [-0.2, 0) is 4.79 Å². The highest BCUT2D eigenvalue weighted by Gasteiger charge is 2.23. The first-order valence-electron chi connectivity index (χ1n) is 6.44. The quantitative estimate of drug-likeness (QED) is 0.829. The molecule has 1 unspecified atom stereocenters. The number of rotatable bonds is 4. The molecule has 1 heterocycles. The van der Waals surface area contributed by atoms with Gasteiger partial charge in [0.1, 0.15) is 6.33 Å². The molecule has 0 aromatic carbocycles. The third-order valence-corrected chi connectivity index (χ3v) is 3.28. The maximum Gasteiger partial charge on any atom is 0.224 e. The standard InChI is InChI=1S/C13H20N4O/c1-9(2)17-8-14-16-12(17)10(3)15-13(18)11-6-4-5-7-11/h4-5,8-11H,6-7H2,1-3H3,(H,15,18). The first-order chi connectivity index (χ1) is 8.59. The van der Waals surface area contributed by atoms with Gasteiger partial charge in [0.15, 0.2) is 5.82 Å². The fourth-order valence-electron chi connectivity index (χ4n) is 2.19.